The van der Waals surface area contributed by atoms with E-state index < -0.39 is 112 Å². The molecule has 0 unspecified atom stereocenters. The SMILES string of the molecule is CO[C@H]1C=CO[C@@]2(C)Oc3c(C)c(O)c4c(O)c(c(C=NC[C@H]5CCN(c6c(F)cn7c(=O)c(C(=O)O)cc(C8CC8)c7c6C)C5)c(O)c4c3C2=O)NC(=O)C(C)=CC=C[C@H](C)[C@H](O)[C@@H](C)[C@@H](O)[C@@H](C)[C@H](OC(C)=O)[C@@H]1C. The Morgan fingerprint density at radius 3 is 2.30 bits per heavy atom. The molecule has 2 aromatic heterocycles. The molecule has 0 radical (unpaired) electrons. The second-order valence-electron chi connectivity index (χ2n) is 21.3. The zero-order chi connectivity index (χ0) is 56.3. The fourth-order valence-corrected chi connectivity index (χ4v) is 11.2. The van der Waals surface area contributed by atoms with Gasteiger partial charge in [0.05, 0.1) is 64.2 Å². The number of esters is 1. The molecule has 2 fully saturated rings. The summed E-state index contributed by atoms with van der Waals surface area (Å²) in [7, 11) is 1.41. The monoisotopic (exact) mass is 1070 g/mol. The van der Waals surface area contributed by atoms with Crippen molar-refractivity contribution in [2.45, 2.75) is 118 Å². The minimum absolute atomic E-state index is 0.00677. The van der Waals surface area contributed by atoms with E-state index in [2.05, 4.69) is 10.3 Å². The van der Waals surface area contributed by atoms with E-state index in [1.807, 2.05) is 4.90 Å². The molecule has 1 saturated heterocycles. The molecule has 4 aromatic rings. The number of phenolic OH excluding ortho intramolecular Hbond substituents is 3. The number of benzene rings is 2. The highest BCUT2D eigenvalue weighted by molar-refractivity contribution is 6.24. The topological polar surface area (TPSA) is 276 Å². The molecule has 0 spiro atoms. The summed E-state index contributed by atoms with van der Waals surface area (Å²) in [4.78, 5) is 72.9. The van der Waals surface area contributed by atoms with Crippen LogP contribution < -0.4 is 20.5 Å². The van der Waals surface area contributed by atoms with Crippen LogP contribution in [-0.4, -0.2) is 122 Å². The number of amides is 1. The van der Waals surface area contributed by atoms with Crippen LogP contribution in [0.3, 0.4) is 0 Å². The predicted molar refractivity (Wildman–Crippen MR) is 284 cm³/mol. The van der Waals surface area contributed by atoms with Gasteiger partial charge < -0.3 is 59.8 Å². The second kappa shape index (κ2) is 21.6. The van der Waals surface area contributed by atoms with Crippen LogP contribution >= 0.6 is 0 Å². The van der Waals surface area contributed by atoms with E-state index in [1.54, 1.807) is 46.8 Å². The smallest absolute Gasteiger partial charge is 0.341 e. The summed E-state index contributed by atoms with van der Waals surface area (Å²) < 4.78 is 41.0. The van der Waals surface area contributed by atoms with E-state index in [1.165, 1.54) is 65.5 Å². The Bertz CT molecular complexity index is 3270. The standard InChI is InChI=1S/C57H67FN4O15/c1-25-12-11-13-26(2)54(70)60-43-37(22-59-21-33-16-18-61(23-33)45-28(4)44-35(34-14-15-34)20-36(56(72)73)55(71)62(44)24-38(45)58)49(67)40-41(50(43)68)48(66)31(7)52-42(40)53(69)57(9,77-52)75-19-17-39(74-10)27(3)51(76-32(8)63)30(6)47(65)29(5)46(25)64/h11-13,17,19-20,22,24-25,27,29-30,33-34,39,46-47,51,64-68H,14-16,18,21,23H2,1-10H3,(H,60,70)(H,72,73)/t25-,27+,29+,30+,33+,39-,46-,47+,51+,57-/m0/s1. The number of aliphatic imine (C=N–C) groups is 1. The van der Waals surface area contributed by atoms with Crippen molar-refractivity contribution in [3.05, 3.63) is 98.0 Å². The van der Waals surface area contributed by atoms with Crippen molar-refractivity contribution in [2.24, 2.45) is 34.6 Å². The number of Topliss-reactive ketones (excluding diaryl/α,β-unsaturated/α-hetero) is 1. The number of hydrogen-bond acceptors (Lipinski definition) is 16. The summed E-state index contributed by atoms with van der Waals surface area (Å²) in [6.07, 6.45) is 7.59. The fraction of sp³-hybridized carbons (Fsp3) is 0.474. The highest BCUT2D eigenvalue weighted by atomic mass is 19.1. The number of carboxylic acids is 1. The predicted octanol–water partition coefficient (Wildman–Crippen LogP) is 7.34. The van der Waals surface area contributed by atoms with Crippen molar-refractivity contribution in [3.8, 4) is 23.0 Å². The number of methoxy groups -OCH3 is 1. The van der Waals surface area contributed by atoms with Crippen molar-refractivity contribution in [1.82, 2.24) is 4.40 Å². The number of aromatic hydroxyl groups is 3. The van der Waals surface area contributed by atoms with E-state index in [0.29, 0.717) is 36.2 Å². The molecule has 1 amide bonds. The molecule has 2 aromatic carbocycles. The van der Waals surface area contributed by atoms with E-state index in [-0.39, 0.29) is 68.5 Å². The van der Waals surface area contributed by atoms with Crippen molar-refractivity contribution in [1.29, 1.82) is 0 Å². The highest BCUT2D eigenvalue weighted by Crippen LogP contribution is 2.55. The molecule has 5 aliphatic rings. The molecular weight excluding hydrogens is 1000 g/mol. The Kier molecular flexibility index (Phi) is 15.7. The van der Waals surface area contributed by atoms with Gasteiger partial charge in [-0.3, -0.25) is 28.6 Å². The van der Waals surface area contributed by atoms with Crippen molar-refractivity contribution in [3.63, 3.8) is 0 Å². The van der Waals surface area contributed by atoms with Gasteiger partial charge >= 0.3 is 17.7 Å². The minimum atomic E-state index is -2.13. The van der Waals surface area contributed by atoms with E-state index in [4.69, 9.17) is 18.9 Å². The second-order valence-corrected chi connectivity index (χ2v) is 21.3. The molecule has 1 saturated carbocycles. The highest BCUT2D eigenvalue weighted by Gasteiger charge is 2.50. The number of phenols is 3. The summed E-state index contributed by atoms with van der Waals surface area (Å²) >= 11 is 0. The molecule has 1 aliphatic carbocycles. The van der Waals surface area contributed by atoms with Crippen molar-refractivity contribution in [2.75, 3.05) is 37.0 Å². The van der Waals surface area contributed by atoms with Gasteiger partial charge in [0, 0.05) is 87.0 Å². The maximum Gasteiger partial charge on any atom is 0.341 e. The number of carbonyl (C=O) groups is 4. The number of ether oxygens (including phenoxy) is 4. The molecule has 5 bridgehead atoms. The third kappa shape index (κ3) is 10.3. The molecular formula is C57H67FN4O15. The number of pyridine rings is 2. The number of carbonyl (C=O) groups excluding carboxylic acids is 3. The number of aliphatic hydroxyl groups excluding tert-OH is 2. The molecule has 77 heavy (non-hydrogen) atoms. The van der Waals surface area contributed by atoms with E-state index >= 15 is 4.39 Å². The van der Waals surface area contributed by atoms with Crippen LogP contribution in [0, 0.1) is 49.3 Å². The lowest BCUT2D eigenvalue weighted by molar-refractivity contribution is -0.160. The van der Waals surface area contributed by atoms with Gasteiger partial charge in [-0.05, 0) is 75.1 Å². The first-order chi connectivity index (χ1) is 36.3. The number of carboxylic acid groups (broad SMARTS) is 1. The number of fused-ring (bicyclic) bond motifs is 15. The number of allylic oxidation sites excluding steroid dienone is 2. The maximum atomic E-state index is 16.2. The lowest BCUT2D eigenvalue weighted by Gasteiger charge is -2.38. The normalized spacial score (nSPS) is 27.4. The summed E-state index contributed by atoms with van der Waals surface area (Å²) in [6.45, 7) is 14.8. The van der Waals surface area contributed by atoms with Crippen LogP contribution in [0.5, 0.6) is 23.0 Å². The number of ketones is 1. The zero-order valence-corrected chi connectivity index (χ0v) is 44.7. The first-order valence-corrected chi connectivity index (χ1v) is 25.8. The number of aliphatic hydroxyl groups is 2. The van der Waals surface area contributed by atoms with E-state index in [9.17, 15) is 54.6 Å². The molecule has 9 rings (SSSR count). The lowest BCUT2D eigenvalue weighted by atomic mass is 9.78. The number of hydrogen-bond donors (Lipinski definition) is 7. The first-order valence-electron chi connectivity index (χ1n) is 25.8. The van der Waals surface area contributed by atoms with Gasteiger partial charge in [-0.2, -0.15) is 0 Å². The zero-order valence-electron chi connectivity index (χ0n) is 44.7. The molecule has 4 aliphatic heterocycles. The number of anilines is 2. The molecule has 6 heterocycles. The number of aromatic nitrogens is 1. The van der Waals surface area contributed by atoms with Crippen LogP contribution in [0.4, 0.5) is 15.8 Å². The van der Waals surface area contributed by atoms with Gasteiger partial charge in [0.25, 0.3) is 17.2 Å². The number of halogens is 1. The van der Waals surface area contributed by atoms with Crippen LogP contribution in [0.1, 0.15) is 117 Å². The Balaban J connectivity index is 1.19. The van der Waals surface area contributed by atoms with Gasteiger partial charge in [0.15, 0.2) is 11.6 Å². The molecule has 7 N–H and O–H groups in total. The summed E-state index contributed by atoms with van der Waals surface area (Å²) in [5.41, 5.74) is -0.123. The summed E-state index contributed by atoms with van der Waals surface area (Å²) in [6, 6.07) is 1.40. The Morgan fingerprint density at radius 2 is 1.65 bits per heavy atom. The van der Waals surface area contributed by atoms with Gasteiger partial charge in [0.2, 0.25) is 0 Å². The van der Waals surface area contributed by atoms with Crippen LogP contribution in [-0.2, 0) is 23.8 Å². The Morgan fingerprint density at radius 1 is 0.948 bits per heavy atom. The quantitative estimate of drug-likeness (QED) is 0.0394. The van der Waals surface area contributed by atoms with E-state index in [0.717, 1.165) is 23.4 Å². The number of aryl methyl sites for hydroxylation is 1. The third-order valence-corrected chi connectivity index (χ3v) is 15.9. The van der Waals surface area contributed by atoms with Crippen LogP contribution in [0.25, 0.3) is 16.3 Å². The number of nitrogens with zero attached hydrogens (tertiary/aromatic N) is 3. The van der Waals surface area contributed by atoms with Crippen molar-refractivity contribution < 1.29 is 73.2 Å². The third-order valence-electron chi connectivity index (χ3n) is 15.9. The minimum Gasteiger partial charge on any atom is -0.507 e. The largest absolute Gasteiger partial charge is 0.507 e. The number of rotatable bonds is 8. The van der Waals surface area contributed by atoms with Crippen molar-refractivity contribution >= 4 is 57.5 Å². The average molecular weight is 1070 g/mol. The molecule has 10 atom stereocenters. The lowest BCUT2D eigenvalue weighted by Crippen LogP contribution is -2.46. The molecule has 20 heteroatoms. The number of aromatic carboxylic acids is 1. The van der Waals surface area contributed by atoms with Gasteiger partial charge in [-0.25, -0.2) is 9.18 Å². The summed E-state index contributed by atoms with van der Waals surface area (Å²) in [5.74, 6) is -11.4. The van der Waals surface area contributed by atoms with Crippen LogP contribution in [0.2, 0.25) is 0 Å². The first kappa shape index (κ1) is 55.9. The maximum absolute atomic E-state index is 16.2. The van der Waals surface area contributed by atoms with Gasteiger partial charge in [-0.15, -0.1) is 0 Å². The van der Waals surface area contributed by atoms with Gasteiger partial charge in [0.1, 0.15) is 28.9 Å². The molecule has 19 nitrogen and oxygen atoms in total. The van der Waals surface area contributed by atoms with Crippen LogP contribution in [0.15, 0.2) is 58.2 Å². The fourth-order valence-electron chi connectivity index (χ4n) is 11.2. The number of nitrogens with one attached hydrogen (secondary N) is 1. The average Bonchev–Trinajstić information content (AvgIpc) is 4.19. The summed E-state index contributed by atoms with van der Waals surface area (Å²) in [5, 5.41) is 71.1. The Hall–Kier alpha value is -7.29. The Labute approximate surface area is 443 Å². The molecule has 412 valence electrons. The van der Waals surface area contributed by atoms with Gasteiger partial charge in [-0.1, -0.05) is 45.9 Å².